The van der Waals surface area contributed by atoms with Gasteiger partial charge >= 0.3 is 0 Å². The second-order valence-electron chi connectivity index (χ2n) is 8.97. The highest BCUT2D eigenvalue weighted by Crippen LogP contribution is 2.33. The molecule has 35 heavy (non-hydrogen) atoms. The van der Waals surface area contributed by atoms with Gasteiger partial charge < -0.3 is 15.2 Å². The Morgan fingerprint density at radius 3 is 2.71 bits per heavy atom. The van der Waals surface area contributed by atoms with Gasteiger partial charge in [-0.1, -0.05) is 6.07 Å². The molecule has 0 unspecified atom stereocenters. The van der Waals surface area contributed by atoms with E-state index in [-0.39, 0.29) is 5.56 Å². The molecule has 1 aliphatic rings. The first-order chi connectivity index (χ1) is 17.1. The first-order valence-corrected chi connectivity index (χ1v) is 11.9. The number of nitrogens with zero attached hydrogens (tertiary/aromatic N) is 5. The van der Waals surface area contributed by atoms with Crippen molar-refractivity contribution in [3.8, 4) is 17.3 Å². The molecule has 0 spiro atoms. The van der Waals surface area contributed by atoms with Crippen LogP contribution in [0.3, 0.4) is 0 Å². The Hall–Kier alpha value is -4.09. The van der Waals surface area contributed by atoms with Crippen LogP contribution in [0, 0.1) is 18.3 Å². The summed E-state index contributed by atoms with van der Waals surface area (Å²) in [5.74, 6) is 1.02. The van der Waals surface area contributed by atoms with Gasteiger partial charge in [0.1, 0.15) is 12.1 Å². The van der Waals surface area contributed by atoms with E-state index >= 15 is 0 Å². The van der Waals surface area contributed by atoms with E-state index in [4.69, 9.17) is 10.2 Å². The Morgan fingerprint density at radius 1 is 1.17 bits per heavy atom. The maximum Gasteiger partial charge on any atom is 0.259 e. The summed E-state index contributed by atoms with van der Waals surface area (Å²) in [6.07, 6.45) is 9.34. The lowest BCUT2D eigenvalue weighted by atomic mass is 9.86. The number of piperidine rings is 1. The van der Waals surface area contributed by atoms with Crippen LogP contribution in [0.5, 0.6) is 0 Å². The number of hydrogen-bond donors (Lipinski definition) is 2. The van der Waals surface area contributed by atoms with Crippen LogP contribution in [-0.2, 0) is 0 Å². The van der Waals surface area contributed by atoms with Gasteiger partial charge in [0.15, 0.2) is 0 Å². The zero-order chi connectivity index (χ0) is 24.2. The lowest BCUT2D eigenvalue weighted by Crippen LogP contribution is -2.33. The maximum absolute atomic E-state index is 12.7. The fraction of sp³-hybridized carbons (Fsp3) is 0.296. The van der Waals surface area contributed by atoms with E-state index < -0.39 is 0 Å². The number of aromatic amines is 1. The summed E-state index contributed by atoms with van der Waals surface area (Å²) in [4.78, 5) is 30.8. The summed E-state index contributed by atoms with van der Waals surface area (Å²) in [5.41, 5.74) is 4.76. The first kappa shape index (κ1) is 22.7. The van der Waals surface area contributed by atoms with Crippen LogP contribution < -0.4 is 10.9 Å². The van der Waals surface area contributed by atoms with Gasteiger partial charge in [0.2, 0.25) is 0 Å². The minimum atomic E-state index is -0.190. The average Bonchev–Trinajstić information content (AvgIpc) is 2.88. The van der Waals surface area contributed by atoms with Crippen LogP contribution in [0.2, 0.25) is 0 Å². The molecule has 4 aromatic rings. The molecule has 5 rings (SSSR count). The smallest absolute Gasteiger partial charge is 0.259 e. The fourth-order valence-electron chi connectivity index (χ4n) is 4.91. The third-order valence-corrected chi connectivity index (χ3v) is 6.71. The number of H-pyrrole nitrogens is 1. The molecule has 8 nitrogen and oxygen atoms in total. The van der Waals surface area contributed by atoms with E-state index in [1.165, 1.54) is 17.5 Å². The fourth-order valence-corrected chi connectivity index (χ4v) is 4.91. The number of anilines is 2. The molecule has 0 amide bonds. The highest BCUT2D eigenvalue weighted by atomic mass is 16.1. The maximum atomic E-state index is 12.7. The predicted molar refractivity (Wildman–Crippen MR) is 136 cm³/mol. The highest BCUT2D eigenvalue weighted by molar-refractivity contribution is 5.95. The Bertz CT molecular complexity index is 1430. The first-order valence-electron chi connectivity index (χ1n) is 11.9. The van der Waals surface area contributed by atoms with Crippen LogP contribution in [0.4, 0.5) is 11.5 Å². The van der Waals surface area contributed by atoms with Crippen molar-refractivity contribution in [1.29, 1.82) is 5.26 Å². The van der Waals surface area contributed by atoms with Crippen molar-refractivity contribution < 1.29 is 0 Å². The van der Waals surface area contributed by atoms with Crippen LogP contribution in [0.15, 0.2) is 60.0 Å². The normalized spacial score (nSPS) is 14.6. The molecular formula is C27H27N7O. The minimum Gasteiger partial charge on any atom is -0.340 e. The number of nitrogens with one attached hydrogen (secondary N) is 2. The average molecular weight is 466 g/mol. The summed E-state index contributed by atoms with van der Waals surface area (Å²) < 4.78 is 0. The summed E-state index contributed by atoms with van der Waals surface area (Å²) >= 11 is 0. The lowest BCUT2D eigenvalue weighted by molar-refractivity contribution is 0.216. The molecule has 1 aliphatic heterocycles. The molecule has 4 heterocycles. The van der Waals surface area contributed by atoms with Crippen molar-refractivity contribution in [3.05, 3.63) is 76.7 Å². The molecule has 0 bridgehead atoms. The molecule has 0 aliphatic carbocycles. The summed E-state index contributed by atoms with van der Waals surface area (Å²) in [5, 5.41) is 13.5. The third-order valence-electron chi connectivity index (χ3n) is 6.71. The van der Waals surface area contributed by atoms with E-state index in [9.17, 15) is 4.79 Å². The van der Waals surface area contributed by atoms with E-state index in [0.29, 0.717) is 29.2 Å². The van der Waals surface area contributed by atoms with E-state index in [1.807, 2.05) is 12.1 Å². The second-order valence-corrected chi connectivity index (χ2v) is 8.97. The molecule has 8 heteroatoms. The minimum absolute atomic E-state index is 0.190. The van der Waals surface area contributed by atoms with Crippen molar-refractivity contribution in [2.45, 2.75) is 32.1 Å². The molecule has 1 fully saturated rings. The molecule has 1 saturated heterocycles. The van der Waals surface area contributed by atoms with Crippen LogP contribution in [-0.4, -0.2) is 44.5 Å². The van der Waals surface area contributed by atoms with Gasteiger partial charge in [0.05, 0.1) is 17.1 Å². The molecule has 176 valence electrons. The Labute approximate surface area is 203 Å². The topological polar surface area (TPSA) is 111 Å². The molecule has 0 saturated carbocycles. The van der Waals surface area contributed by atoms with Crippen molar-refractivity contribution in [2.75, 3.05) is 25.0 Å². The molecule has 0 atom stereocenters. The summed E-state index contributed by atoms with van der Waals surface area (Å²) in [6.45, 7) is 5.05. The van der Waals surface area contributed by atoms with Gasteiger partial charge in [-0.05, 0) is 79.6 Å². The van der Waals surface area contributed by atoms with Crippen LogP contribution in [0.25, 0.3) is 22.0 Å². The third kappa shape index (κ3) is 4.91. The summed E-state index contributed by atoms with van der Waals surface area (Å²) in [7, 11) is 0. The van der Waals surface area contributed by atoms with E-state index in [1.54, 1.807) is 18.6 Å². The number of aryl methyl sites for hydroxylation is 1. The molecule has 3 aromatic heterocycles. The van der Waals surface area contributed by atoms with E-state index in [2.05, 4.69) is 56.4 Å². The number of rotatable bonds is 6. The highest BCUT2D eigenvalue weighted by Gasteiger charge is 2.22. The zero-order valence-corrected chi connectivity index (χ0v) is 19.7. The number of pyridine rings is 2. The lowest BCUT2D eigenvalue weighted by Gasteiger charge is -2.32. The van der Waals surface area contributed by atoms with Gasteiger partial charge in [0, 0.05) is 42.8 Å². The van der Waals surface area contributed by atoms with Crippen molar-refractivity contribution in [1.82, 2.24) is 24.8 Å². The van der Waals surface area contributed by atoms with Gasteiger partial charge in [-0.2, -0.15) is 5.26 Å². The number of hydrogen-bond acceptors (Lipinski definition) is 7. The van der Waals surface area contributed by atoms with E-state index in [0.717, 1.165) is 49.1 Å². The van der Waals surface area contributed by atoms with Gasteiger partial charge in [-0.25, -0.2) is 15.0 Å². The number of nitriles is 1. The number of benzene rings is 1. The quantitative estimate of drug-likeness (QED) is 0.430. The largest absolute Gasteiger partial charge is 0.340 e. The van der Waals surface area contributed by atoms with Crippen molar-refractivity contribution in [3.63, 3.8) is 0 Å². The Kier molecular flexibility index (Phi) is 6.51. The van der Waals surface area contributed by atoms with Crippen molar-refractivity contribution >= 4 is 22.3 Å². The monoisotopic (exact) mass is 465 g/mol. The van der Waals surface area contributed by atoms with Crippen LogP contribution in [0.1, 0.15) is 36.3 Å². The molecule has 1 aromatic carbocycles. The zero-order valence-electron chi connectivity index (χ0n) is 19.7. The number of likely N-dealkylation sites (tertiary alicyclic amines) is 1. The SMILES string of the molecule is Cc1cc(Nc2nc(-c3cncnc3)cc3cc[nH]c(=O)c23)ccc1C1CCN(CCC#N)CC1. The number of aromatic nitrogens is 4. The standard InChI is InChI=1S/C27H27N7O/c1-18-13-22(3-4-23(18)19-6-11-34(12-7-19)10-2-8-28)32-26-25-20(5-9-31-27(25)35)14-24(33-26)21-15-29-17-30-16-21/h3-5,9,13-17,19H,2,6-7,10-12H2,1H3,(H,31,35)(H,32,33). The number of fused-ring (bicyclic) bond motifs is 1. The van der Waals surface area contributed by atoms with Crippen molar-refractivity contribution in [2.24, 2.45) is 0 Å². The molecular weight excluding hydrogens is 438 g/mol. The predicted octanol–water partition coefficient (Wildman–Crippen LogP) is 4.53. The Balaban J connectivity index is 1.42. The molecule has 0 radical (unpaired) electrons. The van der Waals surface area contributed by atoms with Gasteiger partial charge in [-0.3, -0.25) is 4.79 Å². The van der Waals surface area contributed by atoms with Gasteiger partial charge in [0.25, 0.3) is 5.56 Å². The Morgan fingerprint density at radius 2 is 1.97 bits per heavy atom. The summed E-state index contributed by atoms with van der Waals surface area (Å²) in [6, 6.07) is 12.4. The van der Waals surface area contributed by atoms with Gasteiger partial charge in [-0.15, -0.1) is 0 Å². The molecule has 2 N–H and O–H groups in total. The van der Waals surface area contributed by atoms with Crippen LogP contribution >= 0.6 is 0 Å². The second kappa shape index (κ2) is 10.0.